The molecule has 1 saturated carbocycles. The smallest absolute Gasteiger partial charge is 0.256 e. The number of pyridine rings is 1. The second kappa shape index (κ2) is 7.03. The summed E-state index contributed by atoms with van der Waals surface area (Å²) in [6.45, 7) is 3.47. The highest BCUT2D eigenvalue weighted by Crippen LogP contribution is 2.57. The lowest BCUT2D eigenvalue weighted by Crippen LogP contribution is -2.42. The van der Waals surface area contributed by atoms with Crippen LogP contribution in [0.25, 0.3) is 0 Å². The summed E-state index contributed by atoms with van der Waals surface area (Å²) in [7, 11) is 0. The average molecular weight is 387 g/mol. The standard InChI is InChI=1S/C20H22FN3O2S/c1-14(25)24(12-15-3-9-27-13-15)18-10-20(18)4-7-23(8-5-20)19(26)16-2-6-22-11-17(16)21/h2-3,6,9,11,13,18H,4-5,7-8,10,12H2,1H3/t18-/m0/s1. The third-order valence-corrected chi connectivity index (χ3v) is 6.64. The molecule has 0 N–H and O–H groups in total. The van der Waals surface area contributed by atoms with E-state index < -0.39 is 5.82 Å². The summed E-state index contributed by atoms with van der Waals surface area (Å²) in [6, 6.07) is 3.73. The van der Waals surface area contributed by atoms with Crippen molar-refractivity contribution in [1.82, 2.24) is 14.8 Å². The third kappa shape index (κ3) is 3.48. The summed E-state index contributed by atoms with van der Waals surface area (Å²) in [5.74, 6) is -0.755. The number of nitrogens with zero attached hydrogens (tertiary/aromatic N) is 3. The van der Waals surface area contributed by atoms with Crippen LogP contribution in [0, 0.1) is 11.2 Å². The summed E-state index contributed by atoms with van der Waals surface area (Å²) >= 11 is 1.64. The van der Waals surface area contributed by atoms with Crippen LogP contribution in [0.5, 0.6) is 0 Å². The maximum absolute atomic E-state index is 13.8. The summed E-state index contributed by atoms with van der Waals surface area (Å²) in [5, 5.41) is 4.11. The molecule has 1 aliphatic carbocycles. The highest BCUT2D eigenvalue weighted by atomic mass is 32.1. The Hall–Kier alpha value is -2.28. The topological polar surface area (TPSA) is 53.5 Å². The Morgan fingerprint density at radius 3 is 2.78 bits per heavy atom. The molecule has 27 heavy (non-hydrogen) atoms. The molecule has 1 saturated heterocycles. The molecule has 4 rings (SSSR count). The second-order valence-electron chi connectivity index (χ2n) is 7.51. The summed E-state index contributed by atoms with van der Waals surface area (Å²) < 4.78 is 13.8. The lowest BCUT2D eigenvalue weighted by atomic mass is 9.91. The van der Waals surface area contributed by atoms with Gasteiger partial charge in [0, 0.05) is 38.8 Å². The number of carbonyl (C=O) groups excluding carboxylic acids is 2. The van der Waals surface area contributed by atoms with Crippen LogP contribution in [-0.4, -0.2) is 45.7 Å². The van der Waals surface area contributed by atoms with E-state index in [0.29, 0.717) is 19.6 Å². The lowest BCUT2D eigenvalue weighted by molar-refractivity contribution is -0.130. The first kappa shape index (κ1) is 18.1. The summed E-state index contributed by atoms with van der Waals surface area (Å²) in [5.41, 5.74) is 1.35. The Morgan fingerprint density at radius 2 is 2.15 bits per heavy atom. The molecule has 0 bridgehead atoms. The second-order valence-corrected chi connectivity index (χ2v) is 8.29. The maximum Gasteiger partial charge on any atom is 0.256 e. The quantitative estimate of drug-likeness (QED) is 0.809. The van der Waals surface area contributed by atoms with E-state index >= 15 is 0 Å². The molecule has 0 radical (unpaired) electrons. The zero-order valence-corrected chi connectivity index (χ0v) is 16.0. The molecular weight excluding hydrogens is 365 g/mol. The molecule has 2 amide bonds. The number of likely N-dealkylation sites (tertiary alicyclic amines) is 1. The van der Waals surface area contributed by atoms with Crippen LogP contribution in [-0.2, 0) is 11.3 Å². The van der Waals surface area contributed by atoms with E-state index in [1.807, 2.05) is 10.3 Å². The predicted octanol–water partition coefficient (Wildman–Crippen LogP) is 3.33. The molecule has 2 fully saturated rings. The average Bonchev–Trinajstić information content (AvgIpc) is 3.09. The van der Waals surface area contributed by atoms with Gasteiger partial charge in [-0.25, -0.2) is 4.39 Å². The largest absolute Gasteiger partial charge is 0.339 e. The fourth-order valence-electron chi connectivity index (χ4n) is 4.20. The molecule has 3 heterocycles. The first-order chi connectivity index (χ1) is 13.0. The number of hydrogen-bond donors (Lipinski definition) is 0. The normalized spacial score (nSPS) is 20.5. The van der Waals surface area contributed by atoms with E-state index in [9.17, 15) is 14.0 Å². The zero-order valence-electron chi connectivity index (χ0n) is 15.2. The van der Waals surface area contributed by atoms with Crippen LogP contribution in [0.2, 0.25) is 0 Å². The van der Waals surface area contributed by atoms with Crippen LogP contribution in [0.3, 0.4) is 0 Å². The van der Waals surface area contributed by atoms with E-state index in [1.54, 1.807) is 23.2 Å². The number of aromatic nitrogens is 1. The Kier molecular flexibility index (Phi) is 4.72. The minimum absolute atomic E-state index is 0.0797. The van der Waals surface area contributed by atoms with Gasteiger partial charge in [0.05, 0.1) is 11.8 Å². The van der Waals surface area contributed by atoms with Gasteiger partial charge in [0.1, 0.15) is 0 Å². The van der Waals surface area contributed by atoms with E-state index in [4.69, 9.17) is 0 Å². The molecule has 7 heteroatoms. The number of halogens is 1. The number of rotatable bonds is 4. The maximum atomic E-state index is 13.8. The Balaban J connectivity index is 1.40. The molecule has 2 aliphatic rings. The summed E-state index contributed by atoms with van der Waals surface area (Å²) in [6.07, 6.45) is 5.20. The Bertz CT molecular complexity index is 847. The van der Waals surface area contributed by atoms with E-state index in [-0.39, 0.29) is 28.8 Å². The minimum atomic E-state index is -0.578. The van der Waals surface area contributed by atoms with Gasteiger partial charge in [-0.05, 0) is 53.1 Å². The van der Waals surface area contributed by atoms with Gasteiger partial charge in [-0.15, -0.1) is 0 Å². The molecule has 1 aliphatic heterocycles. The van der Waals surface area contributed by atoms with Crippen molar-refractivity contribution in [2.45, 2.75) is 38.8 Å². The van der Waals surface area contributed by atoms with Crippen molar-refractivity contribution < 1.29 is 14.0 Å². The fourth-order valence-corrected chi connectivity index (χ4v) is 4.86. The van der Waals surface area contributed by atoms with Crippen molar-refractivity contribution >= 4 is 23.2 Å². The van der Waals surface area contributed by atoms with Crippen molar-refractivity contribution in [1.29, 1.82) is 0 Å². The highest BCUT2D eigenvalue weighted by Gasteiger charge is 2.58. The number of thiophene rings is 1. The highest BCUT2D eigenvalue weighted by molar-refractivity contribution is 7.07. The molecule has 1 spiro atoms. The van der Waals surface area contributed by atoms with E-state index in [0.717, 1.165) is 31.0 Å². The van der Waals surface area contributed by atoms with Gasteiger partial charge in [-0.3, -0.25) is 14.6 Å². The molecular formula is C20H22FN3O2S. The predicted molar refractivity (Wildman–Crippen MR) is 101 cm³/mol. The SMILES string of the molecule is CC(=O)N(Cc1ccsc1)[C@H]1CC12CCN(C(=O)c1ccncc1F)CC2. The van der Waals surface area contributed by atoms with Gasteiger partial charge in [0.2, 0.25) is 5.91 Å². The Labute approximate surface area is 161 Å². The van der Waals surface area contributed by atoms with Gasteiger partial charge in [0.15, 0.2) is 5.82 Å². The molecule has 0 aromatic carbocycles. The van der Waals surface area contributed by atoms with Crippen molar-refractivity contribution in [3.8, 4) is 0 Å². The number of hydrogen-bond acceptors (Lipinski definition) is 4. The lowest BCUT2D eigenvalue weighted by Gasteiger charge is -2.34. The first-order valence-electron chi connectivity index (χ1n) is 9.17. The first-order valence-corrected chi connectivity index (χ1v) is 10.1. The molecule has 2 aromatic rings. The number of piperidine rings is 1. The van der Waals surface area contributed by atoms with Crippen molar-refractivity contribution in [2.75, 3.05) is 13.1 Å². The molecule has 142 valence electrons. The molecule has 0 unspecified atom stereocenters. The Morgan fingerprint density at radius 1 is 1.37 bits per heavy atom. The number of carbonyl (C=O) groups is 2. The third-order valence-electron chi connectivity index (χ3n) is 5.91. The van der Waals surface area contributed by atoms with Gasteiger partial charge in [0.25, 0.3) is 5.91 Å². The summed E-state index contributed by atoms with van der Waals surface area (Å²) in [4.78, 5) is 32.2. The fraction of sp³-hybridized carbons (Fsp3) is 0.450. The van der Waals surface area contributed by atoms with Crippen LogP contribution >= 0.6 is 11.3 Å². The van der Waals surface area contributed by atoms with E-state index in [1.165, 1.54) is 12.3 Å². The van der Waals surface area contributed by atoms with Crippen molar-refractivity contribution in [3.63, 3.8) is 0 Å². The van der Waals surface area contributed by atoms with Crippen molar-refractivity contribution in [3.05, 3.63) is 52.2 Å². The van der Waals surface area contributed by atoms with Crippen LogP contribution < -0.4 is 0 Å². The van der Waals surface area contributed by atoms with Crippen LogP contribution in [0.15, 0.2) is 35.3 Å². The van der Waals surface area contributed by atoms with Gasteiger partial charge in [-0.1, -0.05) is 0 Å². The molecule has 1 atom stereocenters. The van der Waals surface area contributed by atoms with Crippen LogP contribution in [0.1, 0.15) is 42.1 Å². The molecule has 5 nitrogen and oxygen atoms in total. The van der Waals surface area contributed by atoms with Gasteiger partial charge >= 0.3 is 0 Å². The zero-order chi connectivity index (χ0) is 19.0. The monoisotopic (exact) mass is 387 g/mol. The minimum Gasteiger partial charge on any atom is -0.339 e. The van der Waals surface area contributed by atoms with Crippen molar-refractivity contribution in [2.24, 2.45) is 5.41 Å². The molecule has 2 aromatic heterocycles. The van der Waals surface area contributed by atoms with E-state index in [2.05, 4.69) is 16.4 Å². The van der Waals surface area contributed by atoms with Crippen LogP contribution in [0.4, 0.5) is 4.39 Å². The number of amides is 2. The van der Waals surface area contributed by atoms with Gasteiger partial charge in [-0.2, -0.15) is 11.3 Å². The van der Waals surface area contributed by atoms with Gasteiger partial charge < -0.3 is 9.80 Å².